The molecule has 1 unspecified atom stereocenters. The van der Waals surface area contributed by atoms with Crippen molar-refractivity contribution in [1.29, 1.82) is 0 Å². The van der Waals surface area contributed by atoms with Gasteiger partial charge >= 0.3 is 6.18 Å². The standard InChI is InChI=1S/C12H16F3N/c1-11(16-2,12(13,14)15)9-8-10-6-4-3-5-7-10/h3-7,16H,8-9H2,1-2H3. The molecule has 1 nitrogen and oxygen atoms in total. The number of benzene rings is 1. The van der Waals surface area contributed by atoms with E-state index >= 15 is 0 Å². The fraction of sp³-hybridized carbons (Fsp3) is 0.500. The SMILES string of the molecule is CNC(C)(CCc1ccccc1)C(F)(F)F. The summed E-state index contributed by atoms with van der Waals surface area (Å²) in [7, 11) is 1.35. The molecule has 0 heterocycles. The molecule has 1 N–H and O–H groups in total. The summed E-state index contributed by atoms with van der Waals surface area (Å²) in [6.45, 7) is 1.19. The zero-order valence-corrected chi connectivity index (χ0v) is 9.43. The van der Waals surface area contributed by atoms with Crippen molar-refractivity contribution in [2.45, 2.75) is 31.5 Å². The number of hydrogen-bond donors (Lipinski definition) is 1. The lowest BCUT2D eigenvalue weighted by Gasteiger charge is -2.31. The van der Waals surface area contributed by atoms with E-state index in [1.165, 1.54) is 14.0 Å². The first kappa shape index (κ1) is 13.0. The van der Waals surface area contributed by atoms with Gasteiger partial charge in [0.15, 0.2) is 0 Å². The Kier molecular flexibility index (Phi) is 3.97. The Morgan fingerprint density at radius 3 is 2.12 bits per heavy atom. The van der Waals surface area contributed by atoms with Crippen LogP contribution in [0, 0.1) is 0 Å². The summed E-state index contributed by atoms with van der Waals surface area (Å²) in [6, 6.07) is 9.20. The molecule has 16 heavy (non-hydrogen) atoms. The molecule has 0 amide bonds. The van der Waals surface area contributed by atoms with Gasteiger partial charge in [-0.05, 0) is 32.4 Å². The van der Waals surface area contributed by atoms with E-state index in [9.17, 15) is 13.2 Å². The summed E-state index contributed by atoms with van der Waals surface area (Å²) in [5, 5.41) is 2.36. The van der Waals surface area contributed by atoms with Gasteiger partial charge in [-0.15, -0.1) is 0 Å². The highest BCUT2D eigenvalue weighted by molar-refractivity contribution is 5.15. The largest absolute Gasteiger partial charge is 0.406 e. The third-order valence-corrected chi connectivity index (χ3v) is 2.93. The maximum absolute atomic E-state index is 12.7. The molecule has 0 saturated heterocycles. The Balaban J connectivity index is 2.66. The lowest BCUT2D eigenvalue weighted by molar-refractivity contribution is -0.191. The van der Waals surface area contributed by atoms with Gasteiger partial charge in [0.05, 0.1) is 0 Å². The predicted molar refractivity (Wildman–Crippen MR) is 58.3 cm³/mol. The second kappa shape index (κ2) is 4.87. The molecule has 0 aromatic heterocycles. The van der Waals surface area contributed by atoms with Gasteiger partial charge in [-0.1, -0.05) is 30.3 Å². The van der Waals surface area contributed by atoms with E-state index in [1.807, 2.05) is 30.3 Å². The van der Waals surface area contributed by atoms with E-state index in [2.05, 4.69) is 5.32 Å². The molecule has 1 atom stereocenters. The number of nitrogens with one attached hydrogen (secondary N) is 1. The molecule has 4 heteroatoms. The van der Waals surface area contributed by atoms with Crippen molar-refractivity contribution in [2.24, 2.45) is 0 Å². The van der Waals surface area contributed by atoms with Gasteiger partial charge < -0.3 is 5.32 Å². The van der Waals surface area contributed by atoms with Crippen LogP contribution in [-0.2, 0) is 6.42 Å². The predicted octanol–water partition coefficient (Wildman–Crippen LogP) is 3.16. The lowest BCUT2D eigenvalue weighted by Crippen LogP contribution is -2.53. The zero-order valence-electron chi connectivity index (χ0n) is 9.43. The van der Waals surface area contributed by atoms with Gasteiger partial charge in [-0.3, -0.25) is 0 Å². The van der Waals surface area contributed by atoms with Crippen LogP contribution in [0.25, 0.3) is 0 Å². The smallest absolute Gasteiger partial charge is 0.307 e. The maximum Gasteiger partial charge on any atom is 0.406 e. The van der Waals surface area contributed by atoms with Gasteiger partial charge in [-0.2, -0.15) is 13.2 Å². The third-order valence-electron chi connectivity index (χ3n) is 2.93. The molecular formula is C12H16F3N. The summed E-state index contributed by atoms with van der Waals surface area (Å²) in [5.74, 6) is 0. The van der Waals surface area contributed by atoms with Crippen LogP contribution in [0.3, 0.4) is 0 Å². The average molecular weight is 231 g/mol. The van der Waals surface area contributed by atoms with Gasteiger partial charge in [-0.25, -0.2) is 0 Å². The minimum atomic E-state index is -4.23. The molecule has 1 aromatic carbocycles. The summed E-state index contributed by atoms with van der Waals surface area (Å²) in [4.78, 5) is 0. The van der Waals surface area contributed by atoms with Crippen molar-refractivity contribution < 1.29 is 13.2 Å². The molecule has 0 bridgehead atoms. The van der Waals surface area contributed by atoms with Crippen LogP contribution in [0.15, 0.2) is 30.3 Å². The first-order valence-electron chi connectivity index (χ1n) is 5.18. The molecule has 0 aliphatic rings. The van der Waals surface area contributed by atoms with Crippen LogP contribution < -0.4 is 5.32 Å². The third kappa shape index (κ3) is 2.98. The summed E-state index contributed by atoms with van der Waals surface area (Å²) >= 11 is 0. The Hall–Kier alpha value is -1.03. The second-order valence-electron chi connectivity index (χ2n) is 4.07. The van der Waals surface area contributed by atoms with Gasteiger partial charge in [0.1, 0.15) is 5.54 Å². The molecule has 0 saturated carbocycles. The van der Waals surface area contributed by atoms with Crippen molar-refractivity contribution in [3.05, 3.63) is 35.9 Å². The lowest BCUT2D eigenvalue weighted by atomic mass is 9.93. The van der Waals surface area contributed by atoms with Crippen LogP contribution in [0.1, 0.15) is 18.9 Å². The van der Waals surface area contributed by atoms with Crippen molar-refractivity contribution in [2.75, 3.05) is 7.05 Å². The minimum Gasteiger partial charge on any atom is -0.307 e. The Bertz CT molecular complexity index is 321. The average Bonchev–Trinajstić information content (AvgIpc) is 2.26. The van der Waals surface area contributed by atoms with E-state index in [4.69, 9.17) is 0 Å². The number of alkyl halides is 3. The zero-order chi connectivity index (χ0) is 12.2. The van der Waals surface area contributed by atoms with E-state index in [0.29, 0.717) is 6.42 Å². The van der Waals surface area contributed by atoms with Crippen LogP contribution in [-0.4, -0.2) is 18.8 Å². The number of halogens is 3. The molecule has 0 radical (unpaired) electrons. The number of rotatable bonds is 4. The van der Waals surface area contributed by atoms with Gasteiger partial charge in [0, 0.05) is 0 Å². The molecule has 0 aliphatic heterocycles. The van der Waals surface area contributed by atoms with Crippen molar-refractivity contribution >= 4 is 0 Å². The van der Waals surface area contributed by atoms with E-state index < -0.39 is 11.7 Å². The van der Waals surface area contributed by atoms with E-state index in [0.717, 1.165) is 5.56 Å². The quantitative estimate of drug-likeness (QED) is 0.839. The van der Waals surface area contributed by atoms with Crippen molar-refractivity contribution in [3.63, 3.8) is 0 Å². The monoisotopic (exact) mass is 231 g/mol. The van der Waals surface area contributed by atoms with Crippen LogP contribution in [0.2, 0.25) is 0 Å². The van der Waals surface area contributed by atoms with Crippen molar-refractivity contribution in [3.8, 4) is 0 Å². The Labute approximate surface area is 93.7 Å². The molecule has 90 valence electrons. The molecule has 0 spiro atoms. The van der Waals surface area contributed by atoms with E-state index in [1.54, 1.807) is 0 Å². The van der Waals surface area contributed by atoms with Crippen LogP contribution in [0.4, 0.5) is 13.2 Å². The summed E-state index contributed by atoms with van der Waals surface area (Å²) in [6.07, 6.45) is -3.77. The highest BCUT2D eigenvalue weighted by Crippen LogP contribution is 2.33. The van der Waals surface area contributed by atoms with E-state index in [-0.39, 0.29) is 6.42 Å². The first-order chi connectivity index (χ1) is 7.39. The topological polar surface area (TPSA) is 12.0 Å². The molecule has 0 aliphatic carbocycles. The Morgan fingerprint density at radius 1 is 1.12 bits per heavy atom. The highest BCUT2D eigenvalue weighted by Gasteiger charge is 2.49. The second-order valence-corrected chi connectivity index (χ2v) is 4.07. The summed E-state index contributed by atoms with van der Waals surface area (Å²) in [5.41, 5.74) is -0.892. The van der Waals surface area contributed by atoms with Gasteiger partial charge in [0.2, 0.25) is 0 Å². The minimum absolute atomic E-state index is 0.0387. The van der Waals surface area contributed by atoms with Gasteiger partial charge in [0.25, 0.3) is 0 Å². The maximum atomic E-state index is 12.7. The fourth-order valence-corrected chi connectivity index (χ4v) is 1.45. The van der Waals surface area contributed by atoms with Crippen molar-refractivity contribution in [1.82, 2.24) is 5.32 Å². The first-order valence-corrected chi connectivity index (χ1v) is 5.18. The molecule has 1 aromatic rings. The summed E-state index contributed by atoms with van der Waals surface area (Å²) < 4.78 is 38.2. The molecule has 1 rings (SSSR count). The highest BCUT2D eigenvalue weighted by atomic mass is 19.4. The Morgan fingerprint density at radius 2 is 1.69 bits per heavy atom. The number of aryl methyl sites for hydroxylation is 1. The van der Waals surface area contributed by atoms with Crippen LogP contribution in [0.5, 0.6) is 0 Å². The number of hydrogen-bond acceptors (Lipinski definition) is 1. The molecular weight excluding hydrogens is 215 g/mol. The fourth-order valence-electron chi connectivity index (χ4n) is 1.45. The van der Waals surface area contributed by atoms with Crippen LogP contribution >= 0.6 is 0 Å². The molecule has 0 fully saturated rings. The normalized spacial score (nSPS) is 15.8.